The van der Waals surface area contributed by atoms with Crippen molar-refractivity contribution in [3.8, 4) is 18.1 Å². The number of rotatable bonds is 6. The highest BCUT2D eigenvalue weighted by molar-refractivity contribution is 8.00. The van der Waals surface area contributed by atoms with E-state index in [0.717, 1.165) is 28.3 Å². The number of pyridine rings is 1. The smallest absolute Gasteiger partial charge is 0.320 e. The molecule has 4 aromatic rings. The summed E-state index contributed by atoms with van der Waals surface area (Å²) in [7, 11) is 2.01. The zero-order chi connectivity index (χ0) is 31.5. The molecular formula is C31H31FN10OS2. The van der Waals surface area contributed by atoms with Crippen molar-refractivity contribution >= 4 is 50.8 Å². The summed E-state index contributed by atoms with van der Waals surface area (Å²) >= 11 is 3.30. The van der Waals surface area contributed by atoms with Crippen molar-refractivity contribution in [2.75, 3.05) is 56.2 Å². The largest absolute Gasteiger partial charge is 0.462 e. The normalized spacial score (nSPS) is 21.5. The number of fused-ring (bicyclic) bond motifs is 3. The van der Waals surface area contributed by atoms with Crippen molar-refractivity contribution in [2.45, 2.75) is 30.4 Å². The molecule has 2 saturated heterocycles. The van der Waals surface area contributed by atoms with Crippen molar-refractivity contribution in [3.05, 3.63) is 63.6 Å². The molecule has 1 spiro atoms. The van der Waals surface area contributed by atoms with Gasteiger partial charge in [0.05, 0.1) is 34.1 Å². The number of hydrogen-bond acceptors (Lipinski definition) is 12. The van der Waals surface area contributed by atoms with Gasteiger partial charge in [0, 0.05) is 65.7 Å². The van der Waals surface area contributed by atoms with E-state index in [0.29, 0.717) is 83.3 Å². The molecule has 4 N–H and O–H groups in total. The van der Waals surface area contributed by atoms with Crippen molar-refractivity contribution in [1.82, 2.24) is 24.4 Å². The molecule has 2 fully saturated rings. The molecule has 0 radical (unpaired) electrons. The molecule has 3 aliphatic heterocycles. The molecule has 11 nitrogen and oxygen atoms in total. The van der Waals surface area contributed by atoms with Gasteiger partial charge in [0.15, 0.2) is 5.65 Å². The summed E-state index contributed by atoms with van der Waals surface area (Å²) in [5.41, 5.74) is 15.9. The van der Waals surface area contributed by atoms with Gasteiger partial charge < -0.3 is 30.6 Å². The number of anilines is 3. The molecule has 1 unspecified atom stereocenters. The van der Waals surface area contributed by atoms with Crippen molar-refractivity contribution in [3.63, 3.8) is 0 Å². The number of nitriles is 2. The fourth-order valence-electron chi connectivity index (χ4n) is 6.79. The van der Waals surface area contributed by atoms with Gasteiger partial charge in [-0.3, -0.25) is 0 Å². The van der Waals surface area contributed by atoms with Gasteiger partial charge in [0.25, 0.3) is 0 Å². The van der Waals surface area contributed by atoms with Crippen LogP contribution in [-0.2, 0) is 17.0 Å². The lowest BCUT2D eigenvalue weighted by molar-refractivity contribution is 0.109. The van der Waals surface area contributed by atoms with E-state index in [-0.39, 0.29) is 17.4 Å². The van der Waals surface area contributed by atoms with Crippen LogP contribution in [0.4, 0.5) is 21.0 Å². The second-order valence-electron chi connectivity index (χ2n) is 12.2. The second-order valence-corrected chi connectivity index (χ2v) is 14.7. The third-order valence-electron chi connectivity index (χ3n) is 9.12. The summed E-state index contributed by atoms with van der Waals surface area (Å²) in [6, 6.07) is 8.49. The summed E-state index contributed by atoms with van der Waals surface area (Å²) in [5.74, 6) is 1.78. The number of thioether (sulfide) groups is 1. The Hall–Kier alpha value is -4.37. The van der Waals surface area contributed by atoms with E-state index in [9.17, 15) is 14.9 Å². The first-order valence-electron chi connectivity index (χ1n) is 14.5. The molecule has 4 aromatic heterocycles. The topological polar surface area (TPSA) is 159 Å². The van der Waals surface area contributed by atoms with E-state index in [2.05, 4.69) is 26.9 Å². The number of piperidine rings is 1. The predicted octanol–water partition coefficient (Wildman–Crippen LogP) is 4.38. The number of likely N-dealkylation sites (tertiary alicyclic amines) is 1. The molecule has 14 heteroatoms. The van der Waals surface area contributed by atoms with E-state index in [1.54, 1.807) is 12.4 Å². The van der Waals surface area contributed by atoms with Crippen LogP contribution in [0.3, 0.4) is 0 Å². The molecule has 3 aliphatic rings. The maximum atomic E-state index is 13.9. The van der Waals surface area contributed by atoms with Crippen LogP contribution in [0.25, 0.3) is 11.0 Å². The Balaban J connectivity index is 1.29. The SMILES string of the molecule is CN1CC/C(=C\F)C(C)(COc2nc(N3CC4(C3)SCc3sc(N)c(C#N)c34)c3c(C#N)cn(Cc4cccnc4N)c3n2)C1. The van der Waals surface area contributed by atoms with E-state index >= 15 is 0 Å². The monoisotopic (exact) mass is 642 g/mol. The summed E-state index contributed by atoms with van der Waals surface area (Å²) in [6.07, 6.45) is 4.71. The first-order chi connectivity index (χ1) is 21.7. The minimum Gasteiger partial charge on any atom is -0.462 e. The number of ether oxygens (including phenoxy) is 1. The Kier molecular flexibility index (Phi) is 7.11. The molecule has 7 rings (SSSR count). The molecule has 0 aliphatic carbocycles. The van der Waals surface area contributed by atoms with Gasteiger partial charge in [0.1, 0.15) is 35.4 Å². The standard InChI is InChI=1S/C31H31FN10OS2/c1-30(14-40(2)7-5-20(30)8-32)17-43-29-38-27-23(19(9-33)12-41(27)11-18-4-3-6-37-25(18)35)28(39-29)42-15-31(16-42)24-21(10-34)26(36)45-22(24)13-44-31/h3-4,6,8,12H,5,7,11,13-17,36H2,1-2H3,(H2,35,37)/b20-8+. The van der Waals surface area contributed by atoms with E-state index in [1.165, 1.54) is 11.3 Å². The molecule has 0 aromatic carbocycles. The number of halogens is 1. The van der Waals surface area contributed by atoms with Crippen LogP contribution in [0.2, 0.25) is 0 Å². The van der Waals surface area contributed by atoms with Gasteiger partial charge in [-0.05, 0) is 25.1 Å². The summed E-state index contributed by atoms with van der Waals surface area (Å²) in [5, 5.41) is 21.3. The van der Waals surface area contributed by atoms with Crippen molar-refractivity contribution in [1.29, 1.82) is 10.5 Å². The molecule has 0 bridgehead atoms. The van der Waals surface area contributed by atoms with Crippen LogP contribution in [0.15, 0.2) is 36.4 Å². The minimum atomic E-state index is -0.561. The van der Waals surface area contributed by atoms with Crippen LogP contribution < -0.4 is 21.1 Å². The quantitative estimate of drug-likeness (QED) is 0.307. The van der Waals surface area contributed by atoms with Crippen LogP contribution in [-0.4, -0.2) is 64.3 Å². The van der Waals surface area contributed by atoms with Gasteiger partial charge in [-0.25, -0.2) is 9.37 Å². The van der Waals surface area contributed by atoms with E-state index in [1.807, 2.05) is 42.4 Å². The summed E-state index contributed by atoms with van der Waals surface area (Å²) in [6.45, 7) is 5.10. The third-order valence-corrected chi connectivity index (χ3v) is 11.8. The highest BCUT2D eigenvalue weighted by Crippen LogP contribution is 2.58. The molecular weight excluding hydrogens is 612 g/mol. The minimum absolute atomic E-state index is 0.145. The molecule has 230 valence electrons. The summed E-state index contributed by atoms with van der Waals surface area (Å²) in [4.78, 5) is 19.3. The molecule has 7 heterocycles. The highest BCUT2D eigenvalue weighted by Gasteiger charge is 2.53. The fourth-order valence-corrected chi connectivity index (χ4v) is 9.60. The molecule has 45 heavy (non-hydrogen) atoms. The van der Waals surface area contributed by atoms with Crippen LogP contribution >= 0.6 is 23.1 Å². The number of hydrogen-bond donors (Lipinski definition) is 2. The van der Waals surface area contributed by atoms with Crippen LogP contribution in [0.5, 0.6) is 6.01 Å². The fraction of sp³-hybridized carbons (Fsp3) is 0.387. The van der Waals surface area contributed by atoms with Gasteiger partial charge in [0.2, 0.25) is 0 Å². The molecule has 0 saturated carbocycles. The third kappa shape index (κ3) is 4.76. The maximum Gasteiger partial charge on any atom is 0.320 e. The zero-order valence-electron chi connectivity index (χ0n) is 24.9. The maximum absolute atomic E-state index is 13.9. The highest BCUT2D eigenvalue weighted by atomic mass is 32.2. The number of nitrogen functional groups attached to an aromatic ring is 2. The Morgan fingerprint density at radius 1 is 1.20 bits per heavy atom. The average Bonchev–Trinajstić information content (AvgIpc) is 3.65. The number of thiophene rings is 1. The lowest BCUT2D eigenvalue weighted by Crippen LogP contribution is -2.57. The zero-order valence-corrected chi connectivity index (χ0v) is 26.5. The first kappa shape index (κ1) is 29.3. The van der Waals surface area contributed by atoms with Gasteiger partial charge >= 0.3 is 6.01 Å². The summed E-state index contributed by atoms with van der Waals surface area (Å²) < 4.78 is 21.8. The number of nitrogens with zero attached hydrogens (tertiary/aromatic N) is 8. The Labute approximate surface area is 267 Å². The second kappa shape index (κ2) is 10.9. The molecule has 0 amide bonds. The Morgan fingerprint density at radius 3 is 2.76 bits per heavy atom. The number of aromatic nitrogens is 4. The first-order valence-corrected chi connectivity index (χ1v) is 16.3. The van der Waals surface area contributed by atoms with E-state index in [4.69, 9.17) is 26.2 Å². The van der Waals surface area contributed by atoms with Crippen molar-refractivity contribution in [2.24, 2.45) is 5.41 Å². The average molecular weight is 643 g/mol. The van der Waals surface area contributed by atoms with E-state index < -0.39 is 5.41 Å². The lowest BCUT2D eigenvalue weighted by Gasteiger charge is -2.48. The van der Waals surface area contributed by atoms with Crippen LogP contribution in [0, 0.1) is 28.1 Å². The predicted molar refractivity (Wildman–Crippen MR) is 174 cm³/mol. The van der Waals surface area contributed by atoms with Gasteiger partial charge in [-0.2, -0.15) is 20.5 Å². The van der Waals surface area contributed by atoms with Gasteiger partial charge in [-0.15, -0.1) is 23.1 Å². The van der Waals surface area contributed by atoms with Crippen LogP contribution in [0.1, 0.15) is 40.5 Å². The Bertz CT molecular complexity index is 1950. The van der Waals surface area contributed by atoms with Crippen molar-refractivity contribution < 1.29 is 9.13 Å². The number of nitrogens with two attached hydrogens (primary N) is 2. The lowest BCUT2D eigenvalue weighted by atomic mass is 9.78. The molecule has 1 atom stereocenters. The Morgan fingerprint density at radius 2 is 2.02 bits per heavy atom. The van der Waals surface area contributed by atoms with Gasteiger partial charge in [-0.1, -0.05) is 13.0 Å².